The number of nitrogens with zero attached hydrogens (tertiary/aromatic N) is 2. The Morgan fingerprint density at radius 3 is 3.07 bits per heavy atom. The number of halogens is 1. The zero-order valence-electron chi connectivity index (χ0n) is 8.03. The Bertz CT molecular complexity index is 313. The predicted octanol–water partition coefficient (Wildman–Crippen LogP) is 1.39. The monoisotopic (exact) mass is 261 g/mol. The van der Waals surface area contributed by atoms with Gasteiger partial charge in [0.15, 0.2) is 0 Å². The first-order chi connectivity index (χ1) is 6.61. The molecule has 0 saturated carbocycles. The molecule has 1 atom stereocenters. The van der Waals surface area contributed by atoms with Crippen LogP contribution in [0.25, 0.3) is 0 Å². The Morgan fingerprint density at radius 1 is 1.86 bits per heavy atom. The molecule has 5 nitrogen and oxygen atoms in total. The van der Waals surface area contributed by atoms with Crippen LogP contribution in [-0.2, 0) is 11.3 Å². The summed E-state index contributed by atoms with van der Waals surface area (Å²) >= 11 is 3.28. The molecular weight excluding hydrogens is 250 g/mol. The van der Waals surface area contributed by atoms with Crippen LogP contribution in [0.1, 0.15) is 6.92 Å². The third-order valence-corrected chi connectivity index (χ3v) is 1.97. The topological polar surface area (TPSA) is 56.1 Å². The lowest BCUT2D eigenvalue weighted by molar-refractivity contribution is 0.0972. The highest BCUT2D eigenvalue weighted by atomic mass is 79.9. The fourth-order valence-corrected chi connectivity index (χ4v) is 1.31. The number of rotatable bonds is 3. The Kier molecular flexibility index (Phi) is 3.94. The predicted molar refractivity (Wildman–Crippen MR) is 54.9 cm³/mol. The molecule has 1 heterocycles. The van der Waals surface area contributed by atoms with Gasteiger partial charge in [-0.1, -0.05) is 0 Å². The SMILES string of the molecule is CNC(=O)O[C@H](C)Cn1cc(Br)cn1. The average Bonchev–Trinajstić information content (AvgIpc) is 2.50. The molecule has 1 amide bonds. The van der Waals surface area contributed by atoms with Crippen LogP contribution in [0.5, 0.6) is 0 Å². The number of hydrogen-bond donors (Lipinski definition) is 1. The van der Waals surface area contributed by atoms with Gasteiger partial charge in [-0.3, -0.25) is 4.68 Å². The van der Waals surface area contributed by atoms with Crippen molar-refractivity contribution in [1.82, 2.24) is 15.1 Å². The van der Waals surface area contributed by atoms with E-state index in [9.17, 15) is 4.79 Å². The van der Waals surface area contributed by atoms with E-state index in [1.54, 1.807) is 10.9 Å². The minimum absolute atomic E-state index is 0.207. The van der Waals surface area contributed by atoms with Crippen LogP contribution in [0.3, 0.4) is 0 Å². The molecule has 0 bridgehead atoms. The van der Waals surface area contributed by atoms with Gasteiger partial charge in [0.2, 0.25) is 0 Å². The lowest BCUT2D eigenvalue weighted by Gasteiger charge is -2.12. The summed E-state index contributed by atoms with van der Waals surface area (Å²) < 4.78 is 7.60. The third kappa shape index (κ3) is 3.37. The maximum absolute atomic E-state index is 10.8. The van der Waals surface area contributed by atoms with Crippen LogP contribution in [-0.4, -0.2) is 29.0 Å². The Balaban J connectivity index is 2.41. The Labute approximate surface area is 90.6 Å². The maximum atomic E-state index is 10.8. The molecule has 1 aromatic rings. The van der Waals surface area contributed by atoms with Gasteiger partial charge < -0.3 is 10.1 Å². The number of hydrogen-bond acceptors (Lipinski definition) is 3. The second-order valence-corrected chi connectivity index (χ2v) is 3.76. The van der Waals surface area contributed by atoms with Crippen molar-refractivity contribution in [3.63, 3.8) is 0 Å². The summed E-state index contributed by atoms with van der Waals surface area (Å²) in [4.78, 5) is 10.8. The lowest BCUT2D eigenvalue weighted by atomic mass is 10.4. The molecule has 0 aliphatic rings. The summed E-state index contributed by atoms with van der Waals surface area (Å²) in [6.07, 6.45) is 2.88. The van der Waals surface area contributed by atoms with Crippen molar-refractivity contribution < 1.29 is 9.53 Å². The smallest absolute Gasteiger partial charge is 0.407 e. The van der Waals surface area contributed by atoms with Gasteiger partial charge in [0, 0.05) is 13.2 Å². The van der Waals surface area contributed by atoms with Crippen molar-refractivity contribution in [2.24, 2.45) is 0 Å². The highest BCUT2D eigenvalue weighted by molar-refractivity contribution is 9.10. The number of ether oxygens (including phenoxy) is 1. The largest absolute Gasteiger partial charge is 0.445 e. The van der Waals surface area contributed by atoms with Gasteiger partial charge in [0.1, 0.15) is 6.10 Å². The molecule has 1 aromatic heterocycles. The number of amides is 1. The lowest BCUT2D eigenvalue weighted by Crippen LogP contribution is -2.27. The molecule has 0 aromatic carbocycles. The van der Waals surface area contributed by atoms with Gasteiger partial charge in [-0.25, -0.2) is 4.79 Å². The van der Waals surface area contributed by atoms with Crippen molar-refractivity contribution in [1.29, 1.82) is 0 Å². The van der Waals surface area contributed by atoms with Crippen molar-refractivity contribution in [2.45, 2.75) is 19.6 Å². The highest BCUT2D eigenvalue weighted by Gasteiger charge is 2.08. The van der Waals surface area contributed by atoms with Gasteiger partial charge in [0.25, 0.3) is 0 Å². The summed E-state index contributed by atoms with van der Waals surface area (Å²) in [5.41, 5.74) is 0. The van der Waals surface area contributed by atoms with Crippen LogP contribution in [0.4, 0.5) is 4.79 Å². The molecule has 0 radical (unpaired) electrons. The van der Waals surface area contributed by atoms with E-state index in [1.807, 2.05) is 13.1 Å². The van der Waals surface area contributed by atoms with E-state index in [1.165, 1.54) is 7.05 Å². The van der Waals surface area contributed by atoms with Crippen LogP contribution < -0.4 is 5.32 Å². The summed E-state index contributed by atoms with van der Waals surface area (Å²) in [5.74, 6) is 0. The number of nitrogens with one attached hydrogen (secondary N) is 1. The van der Waals surface area contributed by atoms with Crippen molar-refractivity contribution in [3.05, 3.63) is 16.9 Å². The number of carbonyl (C=O) groups excluding carboxylic acids is 1. The van der Waals surface area contributed by atoms with E-state index in [4.69, 9.17) is 4.74 Å². The number of alkyl carbamates (subject to hydrolysis) is 1. The fourth-order valence-electron chi connectivity index (χ4n) is 0.981. The van der Waals surface area contributed by atoms with E-state index < -0.39 is 6.09 Å². The maximum Gasteiger partial charge on any atom is 0.407 e. The van der Waals surface area contributed by atoms with Gasteiger partial charge in [-0.2, -0.15) is 5.10 Å². The Morgan fingerprint density at radius 2 is 2.57 bits per heavy atom. The van der Waals surface area contributed by atoms with Crippen molar-refractivity contribution >= 4 is 22.0 Å². The first-order valence-electron chi connectivity index (χ1n) is 4.18. The first-order valence-corrected chi connectivity index (χ1v) is 4.97. The molecule has 0 aliphatic heterocycles. The van der Waals surface area contributed by atoms with E-state index >= 15 is 0 Å². The quantitative estimate of drug-likeness (QED) is 0.895. The fraction of sp³-hybridized carbons (Fsp3) is 0.500. The van der Waals surface area contributed by atoms with E-state index in [0.717, 1.165) is 4.47 Å². The summed E-state index contributed by atoms with van der Waals surface area (Å²) in [5, 5.41) is 6.43. The molecule has 0 spiro atoms. The van der Waals surface area contributed by atoms with Crippen molar-refractivity contribution in [3.8, 4) is 0 Å². The number of aromatic nitrogens is 2. The molecule has 78 valence electrons. The zero-order valence-corrected chi connectivity index (χ0v) is 9.61. The van der Waals surface area contributed by atoms with Gasteiger partial charge in [0.05, 0.1) is 17.2 Å². The second kappa shape index (κ2) is 4.99. The first kappa shape index (κ1) is 11.0. The molecule has 0 aliphatic carbocycles. The number of carbonyl (C=O) groups is 1. The van der Waals surface area contributed by atoms with Crippen LogP contribution >= 0.6 is 15.9 Å². The molecule has 0 unspecified atom stereocenters. The summed E-state index contributed by atoms with van der Waals surface area (Å²) in [6, 6.07) is 0. The normalized spacial score (nSPS) is 12.2. The molecular formula is C8H12BrN3O2. The zero-order chi connectivity index (χ0) is 10.6. The Hall–Kier alpha value is -1.04. The minimum atomic E-state index is -0.427. The van der Waals surface area contributed by atoms with E-state index in [2.05, 4.69) is 26.3 Å². The summed E-state index contributed by atoms with van der Waals surface area (Å²) in [6.45, 7) is 2.35. The van der Waals surface area contributed by atoms with Crippen LogP contribution in [0.2, 0.25) is 0 Å². The molecule has 1 N–H and O–H groups in total. The van der Waals surface area contributed by atoms with E-state index in [-0.39, 0.29) is 6.10 Å². The van der Waals surface area contributed by atoms with Crippen LogP contribution in [0, 0.1) is 0 Å². The summed E-state index contributed by atoms with van der Waals surface area (Å²) in [7, 11) is 1.53. The standard InChI is InChI=1S/C8H12BrN3O2/c1-6(14-8(13)10-2)4-12-5-7(9)3-11-12/h3,5-6H,4H2,1-2H3,(H,10,13)/t6-/m1/s1. The van der Waals surface area contributed by atoms with Crippen molar-refractivity contribution in [2.75, 3.05) is 7.05 Å². The third-order valence-electron chi connectivity index (χ3n) is 1.56. The molecule has 0 fully saturated rings. The van der Waals surface area contributed by atoms with Crippen LogP contribution in [0.15, 0.2) is 16.9 Å². The second-order valence-electron chi connectivity index (χ2n) is 2.85. The van der Waals surface area contributed by atoms with Gasteiger partial charge >= 0.3 is 6.09 Å². The molecule has 0 saturated heterocycles. The van der Waals surface area contributed by atoms with Gasteiger partial charge in [-0.15, -0.1) is 0 Å². The molecule has 14 heavy (non-hydrogen) atoms. The highest BCUT2D eigenvalue weighted by Crippen LogP contribution is 2.07. The van der Waals surface area contributed by atoms with Gasteiger partial charge in [-0.05, 0) is 22.9 Å². The van der Waals surface area contributed by atoms with E-state index in [0.29, 0.717) is 6.54 Å². The molecule has 1 rings (SSSR count). The molecule has 6 heteroatoms. The average molecular weight is 262 g/mol. The minimum Gasteiger partial charge on any atom is -0.445 e.